The average Bonchev–Trinajstić information content (AvgIpc) is 3.06. The van der Waals surface area contributed by atoms with E-state index in [4.69, 9.17) is 0 Å². The zero-order valence-corrected chi connectivity index (χ0v) is 28.2. The highest BCUT2D eigenvalue weighted by Crippen LogP contribution is 2.37. The van der Waals surface area contributed by atoms with Gasteiger partial charge in [0.05, 0.1) is 24.2 Å². The summed E-state index contributed by atoms with van der Waals surface area (Å²) in [5.41, 5.74) is -4.52. The van der Waals surface area contributed by atoms with Crippen molar-refractivity contribution in [1.82, 2.24) is 0 Å². The van der Waals surface area contributed by atoms with Crippen molar-refractivity contribution in [3.05, 3.63) is 58.2 Å². The smallest absolute Gasteiger partial charge is 0.200 e. The molecular formula is C34H52BF10N. The third-order valence-corrected chi connectivity index (χ3v) is 8.40. The van der Waals surface area contributed by atoms with Gasteiger partial charge in [-0.1, -0.05) is 92.4 Å². The van der Waals surface area contributed by atoms with Crippen LogP contribution in [0.1, 0.15) is 106 Å². The van der Waals surface area contributed by atoms with Gasteiger partial charge in [0.2, 0.25) is 11.6 Å². The summed E-state index contributed by atoms with van der Waals surface area (Å²) in [6.07, 6.45) is 20.3. The molecule has 266 valence electrons. The zero-order valence-electron chi connectivity index (χ0n) is 28.2. The summed E-state index contributed by atoms with van der Waals surface area (Å²) in [6.45, 7) is 16.4. The molecule has 0 unspecified atom stereocenters. The lowest BCUT2D eigenvalue weighted by Gasteiger charge is -2.40. The molecule has 0 aromatic heterocycles. The summed E-state index contributed by atoms with van der Waals surface area (Å²) in [5, 5.41) is 2.34. The van der Waals surface area contributed by atoms with Crippen LogP contribution in [0.15, 0.2) is 0 Å². The summed E-state index contributed by atoms with van der Waals surface area (Å²) in [4.78, 5) is 0. The van der Waals surface area contributed by atoms with E-state index in [9.17, 15) is 43.9 Å². The van der Waals surface area contributed by atoms with E-state index in [1.54, 1.807) is 25.3 Å². The summed E-state index contributed by atoms with van der Waals surface area (Å²) in [7, 11) is 0. The topological polar surface area (TPSA) is 16.6 Å². The van der Waals surface area contributed by atoms with Gasteiger partial charge < -0.3 is 5.32 Å². The molecule has 2 N–H and O–H groups in total. The molecule has 0 fully saturated rings. The Kier molecular flexibility index (Phi) is 22.0. The van der Waals surface area contributed by atoms with E-state index in [1.165, 1.54) is 77.3 Å². The Hall–Kier alpha value is -2.24. The molecule has 2 aromatic carbocycles. The molecule has 0 aliphatic carbocycles. The van der Waals surface area contributed by atoms with Crippen molar-refractivity contribution < 1.29 is 49.2 Å². The highest BCUT2D eigenvalue weighted by molar-refractivity contribution is 6.79. The number of halogens is 10. The second kappa shape index (κ2) is 23.2. The predicted molar refractivity (Wildman–Crippen MR) is 168 cm³/mol. The molecule has 2 rings (SSSR count). The maximum Gasteiger partial charge on any atom is 0.200 e. The monoisotopic (exact) mass is 675 g/mol. The van der Waals surface area contributed by atoms with E-state index < -0.39 is 69.3 Å². The summed E-state index contributed by atoms with van der Waals surface area (Å²) < 4.78 is 131. The van der Waals surface area contributed by atoms with Gasteiger partial charge in [-0.15, -0.1) is 0 Å². The first-order valence-electron chi connectivity index (χ1n) is 16.8. The van der Waals surface area contributed by atoms with Gasteiger partial charge in [0.25, 0.3) is 0 Å². The van der Waals surface area contributed by atoms with Crippen molar-refractivity contribution in [2.75, 3.05) is 13.1 Å². The number of quaternary nitrogens is 1. The van der Waals surface area contributed by atoms with Crippen molar-refractivity contribution in [2.24, 2.45) is 0 Å². The van der Waals surface area contributed by atoms with Crippen molar-refractivity contribution >= 4 is 6.15 Å². The van der Waals surface area contributed by atoms with Gasteiger partial charge in [0.1, 0.15) is 0 Å². The van der Waals surface area contributed by atoms with Crippen LogP contribution in [0.25, 0.3) is 11.1 Å². The second-order valence-corrected chi connectivity index (χ2v) is 12.0. The van der Waals surface area contributed by atoms with E-state index in [-0.39, 0.29) is 6.15 Å². The normalized spacial score (nSPS) is 11.2. The molecular weight excluding hydrogens is 623 g/mol. The molecule has 0 atom stereocenters. The van der Waals surface area contributed by atoms with Crippen molar-refractivity contribution in [3.8, 4) is 11.1 Å². The lowest BCUT2D eigenvalue weighted by Crippen LogP contribution is -2.83. The zero-order chi connectivity index (χ0) is 35.4. The van der Waals surface area contributed by atoms with Gasteiger partial charge >= 0.3 is 0 Å². The third kappa shape index (κ3) is 12.8. The molecule has 1 nitrogen and oxygen atoms in total. The number of nitrogens with two attached hydrogens (primary N) is 1. The molecule has 0 saturated heterocycles. The minimum Gasteiger partial charge on any atom is -0.346 e. The average molecular weight is 676 g/mol. The molecule has 0 heterocycles. The van der Waals surface area contributed by atoms with Gasteiger partial charge in [-0.05, 0) is 13.3 Å². The molecule has 0 aliphatic heterocycles. The Morgan fingerprint density at radius 2 is 0.609 bits per heavy atom. The number of benzene rings is 2. The first-order valence-corrected chi connectivity index (χ1v) is 16.8. The molecule has 0 radical (unpaired) electrons. The van der Waals surface area contributed by atoms with E-state index in [0.717, 1.165) is 0 Å². The Balaban J connectivity index is 0.000000749. The molecule has 0 saturated carbocycles. The fourth-order valence-corrected chi connectivity index (χ4v) is 5.62. The van der Waals surface area contributed by atoms with Gasteiger partial charge in [-0.3, -0.25) is 0 Å². The molecule has 0 aliphatic rings. The third-order valence-electron chi connectivity index (χ3n) is 8.40. The quantitative estimate of drug-likeness (QED) is 0.0565. The number of hydrogen-bond donors (Lipinski definition) is 1. The largest absolute Gasteiger partial charge is 0.346 e. The SMILES string of the molecule is CCCC[B-](CCCC)(CCCC)CCCC.CCCC[NH2+]CC.Fc1c(F)c(F)c(-c2c(F)c(F)c(F)c(F)c2F)c(F)c1F. The standard InChI is InChI=1S/C16H36B.C12F10.C6H15N/c1-5-9-13-17(14-10-6-2,15-11-7-3)16-12-8-4;13-3-1(4(14)8(18)11(21)7(3)17)2-5(15)9(19)12(22)10(20)6(2)16;1-3-5-6-7-4-2/h5-16H2,1-4H3;;7H,3-6H2,1-2H3/q-1;;/p+1. The Bertz CT molecular complexity index is 1010. The fourth-order valence-electron chi connectivity index (χ4n) is 5.62. The van der Waals surface area contributed by atoms with Gasteiger partial charge in [-0.25, -0.2) is 43.9 Å². The van der Waals surface area contributed by atoms with Gasteiger partial charge in [0.15, 0.2) is 46.5 Å². The predicted octanol–water partition coefficient (Wildman–Crippen LogP) is 11.7. The lowest BCUT2D eigenvalue weighted by molar-refractivity contribution is -0.652. The van der Waals surface area contributed by atoms with Crippen molar-refractivity contribution in [3.63, 3.8) is 0 Å². The van der Waals surface area contributed by atoms with E-state index >= 15 is 0 Å². The van der Waals surface area contributed by atoms with Crippen LogP contribution < -0.4 is 5.32 Å². The molecule has 0 bridgehead atoms. The molecule has 2 aromatic rings. The number of rotatable bonds is 17. The first-order chi connectivity index (χ1) is 21.8. The van der Waals surface area contributed by atoms with Crippen molar-refractivity contribution in [1.29, 1.82) is 0 Å². The Morgan fingerprint density at radius 3 is 0.826 bits per heavy atom. The van der Waals surface area contributed by atoms with E-state index in [0.29, 0.717) is 0 Å². The number of unbranched alkanes of at least 4 members (excludes halogenated alkanes) is 5. The van der Waals surface area contributed by atoms with Crippen LogP contribution in [0.2, 0.25) is 25.3 Å². The van der Waals surface area contributed by atoms with Crippen LogP contribution in [0, 0.1) is 58.2 Å². The molecule has 12 heteroatoms. The first kappa shape index (κ1) is 43.8. The van der Waals surface area contributed by atoms with Gasteiger partial charge in [-0.2, -0.15) is 25.3 Å². The lowest BCUT2D eigenvalue weighted by atomic mass is 9.17. The highest BCUT2D eigenvalue weighted by atomic mass is 19.2. The molecule has 0 spiro atoms. The summed E-state index contributed by atoms with van der Waals surface area (Å²) >= 11 is 0. The van der Waals surface area contributed by atoms with Gasteiger partial charge in [0, 0.05) is 6.15 Å². The summed E-state index contributed by atoms with van der Waals surface area (Å²) in [6, 6.07) is 0. The minimum atomic E-state index is -2.68. The molecule has 0 amide bonds. The Morgan fingerprint density at radius 1 is 0.370 bits per heavy atom. The van der Waals surface area contributed by atoms with Crippen LogP contribution in [0.4, 0.5) is 43.9 Å². The molecule has 46 heavy (non-hydrogen) atoms. The maximum absolute atomic E-state index is 13.4. The van der Waals surface area contributed by atoms with Crippen molar-refractivity contribution in [2.45, 2.75) is 131 Å². The number of hydrogen-bond acceptors (Lipinski definition) is 0. The summed E-state index contributed by atoms with van der Waals surface area (Å²) in [5.74, 6) is -26.6. The van der Waals surface area contributed by atoms with E-state index in [1.807, 2.05) is 0 Å². The highest BCUT2D eigenvalue weighted by Gasteiger charge is 2.34. The minimum absolute atomic E-state index is 0.00722. The van der Waals surface area contributed by atoms with E-state index in [2.05, 4.69) is 46.9 Å². The fraction of sp³-hybridized carbons (Fsp3) is 0.647. The van der Waals surface area contributed by atoms with Crippen LogP contribution in [-0.4, -0.2) is 19.2 Å². The van der Waals surface area contributed by atoms with Crippen LogP contribution in [0.5, 0.6) is 0 Å². The maximum atomic E-state index is 13.4. The second-order valence-electron chi connectivity index (χ2n) is 12.0. The van der Waals surface area contributed by atoms with Crippen LogP contribution >= 0.6 is 0 Å². The van der Waals surface area contributed by atoms with Crippen LogP contribution in [0.3, 0.4) is 0 Å². The Labute approximate surface area is 268 Å². The van der Waals surface area contributed by atoms with Crippen LogP contribution in [-0.2, 0) is 0 Å².